The Hall–Kier alpha value is -1.26. The van der Waals surface area contributed by atoms with Crippen LogP contribution in [-0.2, 0) is 9.53 Å². The van der Waals surface area contributed by atoms with Crippen molar-refractivity contribution in [2.24, 2.45) is 5.92 Å². The largest absolute Gasteiger partial charge is 0.450 e. The number of hydrogen-bond donors (Lipinski definition) is 1. The second kappa shape index (κ2) is 7.24. The van der Waals surface area contributed by atoms with Gasteiger partial charge in [0, 0.05) is 20.0 Å². The molecule has 0 saturated carbocycles. The van der Waals surface area contributed by atoms with Crippen molar-refractivity contribution in [3.05, 3.63) is 0 Å². The third kappa shape index (κ3) is 4.55. The molecule has 1 fully saturated rings. The Balaban J connectivity index is 2.55. The van der Waals surface area contributed by atoms with E-state index in [1.165, 1.54) is 0 Å². The first kappa shape index (κ1) is 14.8. The quantitative estimate of drug-likeness (QED) is 0.834. The third-order valence-corrected chi connectivity index (χ3v) is 3.28. The normalized spacial score (nSPS) is 23.6. The fraction of sp³-hybridized carbons (Fsp3) is 0.846. The zero-order valence-corrected chi connectivity index (χ0v) is 11.6. The maximum Gasteiger partial charge on any atom is 0.407 e. The molecule has 1 heterocycles. The molecule has 18 heavy (non-hydrogen) atoms. The summed E-state index contributed by atoms with van der Waals surface area (Å²) >= 11 is 0. The predicted molar refractivity (Wildman–Crippen MR) is 69.2 cm³/mol. The molecule has 1 saturated heterocycles. The molecular weight excluding hydrogens is 232 g/mol. The number of likely N-dealkylation sites (tertiary alicyclic amines) is 1. The lowest BCUT2D eigenvalue weighted by Gasteiger charge is -2.37. The Morgan fingerprint density at radius 3 is 2.61 bits per heavy atom. The predicted octanol–water partition coefficient (Wildman–Crippen LogP) is 1.77. The minimum atomic E-state index is -0.386. The number of carbonyl (C=O) groups is 2. The molecule has 0 bridgehead atoms. The number of nitrogens with one attached hydrogen (secondary N) is 1. The molecular formula is C13H24N2O3. The topological polar surface area (TPSA) is 58.6 Å². The average Bonchev–Trinajstić information content (AvgIpc) is 2.29. The number of amides is 2. The number of carbonyl (C=O) groups excluding carboxylic acids is 2. The lowest BCUT2D eigenvalue weighted by atomic mass is 9.90. The van der Waals surface area contributed by atoms with Gasteiger partial charge in [-0.3, -0.25) is 4.79 Å². The van der Waals surface area contributed by atoms with Crippen LogP contribution < -0.4 is 5.32 Å². The molecule has 1 N–H and O–H groups in total. The van der Waals surface area contributed by atoms with Crippen LogP contribution in [0.4, 0.5) is 4.79 Å². The van der Waals surface area contributed by atoms with Crippen LogP contribution in [-0.4, -0.2) is 42.6 Å². The monoisotopic (exact) mass is 256 g/mol. The molecule has 1 aliphatic heterocycles. The van der Waals surface area contributed by atoms with Crippen LogP contribution in [0.3, 0.4) is 0 Å². The summed E-state index contributed by atoms with van der Waals surface area (Å²) in [5, 5.41) is 2.84. The number of rotatable bonds is 4. The van der Waals surface area contributed by atoms with Crippen molar-refractivity contribution in [3.63, 3.8) is 0 Å². The van der Waals surface area contributed by atoms with Gasteiger partial charge in [0.15, 0.2) is 0 Å². The van der Waals surface area contributed by atoms with Gasteiger partial charge in [-0.15, -0.1) is 0 Å². The highest BCUT2D eigenvalue weighted by molar-refractivity contribution is 5.73. The zero-order valence-electron chi connectivity index (χ0n) is 11.6. The van der Waals surface area contributed by atoms with Gasteiger partial charge in [-0.1, -0.05) is 13.3 Å². The van der Waals surface area contributed by atoms with E-state index >= 15 is 0 Å². The highest BCUT2D eigenvalue weighted by Crippen LogP contribution is 2.21. The van der Waals surface area contributed by atoms with Crippen molar-refractivity contribution in [1.29, 1.82) is 0 Å². The maximum absolute atomic E-state index is 11.5. The summed E-state index contributed by atoms with van der Waals surface area (Å²) in [5.41, 5.74) is 0. The average molecular weight is 256 g/mol. The van der Waals surface area contributed by atoms with Crippen LogP contribution in [0.2, 0.25) is 0 Å². The van der Waals surface area contributed by atoms with Gasteiger partial charge in [0.1, 0.15) is 0 Å². The molecule has 0 aromatic carbocycles. The summed E-state index contributed by atoms with van der Waals surface area (Å²) in [6.07, 6.45) is 2.73. The molecule has 5 nitrogen and oxygen atoms in total. The first-order valence-electron chi connectivity index (χ1n) is 6.75. The lowest BCUT2D eigenvalue weighted by Crippen LogP contribution is -2.52. The van der Waals surface area contributed by atoms with Gasteiger partial charge in [-0.2, -0.15) is 0 Å². The zero-order chi connectivity index (χ0) is 13.5. The Kier molecular flexibility index (Phi) is 5.95. The molecule has 1 aliphatic rings. The van der Waals surface area contributed by atoms with E-state index in [9.17, 15) is 9.59 Å². The van der Waals surface area contributed by atoms with Crippen LogP contribution in [0.1, 0.15) is 40.0 Å². The summed E-state index contributed by atoms with van der Waals surface area (Å²) in [4.78, 5) is 24.7. The molecule has 0 aliphatic carbocycles. The maximum atomic E-state index is 11.5. The molecule has 5 heteroatoms. The van der Waals surface area contributed by atoms with Gasteiger partial charge in [0.05, 0.1) is 12.6 Å². The smallest absolute Gasteiger partial charge is 0.407 e. The van der Waals surface area contributed by atoms with Crippen molar-refractivity contribution >= 4 is 12.0 Å². The van der Waals surface area contributed by atoms with E-state index in [1.807, 2.05) is 4.90 Å². The van der Waals surface area contributed by atoms with E-state index in [-0.39, 0.29) is 18.0 Å². The van der Waals surface area contributed by atoms with E-state index in [2.05, 4.69) is 12.2 Å². The van der Waals surface area contributed by atoms with E-state index in [1.54, 1.807) is 13.8 Å². The van der Waals surface area contributed by atoms with E-state index in [0.717, 1.165) is 25.8 Å². The molecule has 2 unspecified atom stereocenters. The molecule has 104 valence electrons. The second-order valence-corrected chi connectivity index (χ2v) is 4.88. The highest BCUT2D eigenvalue weighted by atomic mass is 16.5. The minimum Gasteiger partial charge on any atom is -0.450 e. The van der Waals surface area contributed by atoms with Crippen molar-refractivity contribution < 1.29 is 14.3 Å². The second-order valence-electron chi connectivity index (χ2n) is 4.88. The fourth-order valence-corrected chi connectivity index (χ4v) is 2.52. The molecule has 0 aromatic rings. The number of alkyl carbamates (subject to hydrolysis) is 1. The van der Waals surface area contributed by atoms with Crippen molar-refractivity contribution in [3.8, 4) is 0 Å². The van der Waals surface area contributed by atoms with Gasteiger partial charge in [0.25, 0.3) is 0 Å². The molecule has 1 rings (SSSR count). The van der Waals surface area contributed by atoms with E-state index in [0.29, 0.717) is 19.1 Å². The first-order valence-corrected chi connectivity index (χ1v) is 6.75. The summed E-state index contributed by atoms with van der Waals surface area (Å²) in [7, 11) is 0. The fourth-order valence-electron chi connectivity index (χ4n) is 2.52. The summed E-state index contributed by atoms with van der Waals surface area (Å²) in [5.74, 6) is 0.547. The number of piperidine rings is 1. The van der Waals surface area contributed by atoms with Crippen LogP contribution in [0, 0.1) is 5.92 Å². The number of ether oxygens (including phenoxy) is 1. The van der Waals surface area contributed by atoms with Crippen LogP contribution >= 0.6 is 0 Å². The van der Waals surface area contributed by atoms with E-state index in [4.69, 9.17) is 4.74 Å². The van der Waals surface area contributed by atoms with Gasteiger partial charge in [0.2, 0.25) is 5.91 Å². The Labute approximate surface area is 109 Å². The van der Waals surface area contributed by atoms with Gasteiger partial charge in [-0.05, 0) is 25.7 Å². The Morgan fingerprint density at radius 1 is 1.33 bits per heavy atom. The molecule has 2 amide bonds. The van der Waals surface area contributed by atoms with Crippen molar-refractivity contribution in [1.82, 2.24) is 10.2 Å². The van der Waals surface area contributed by atoms with Crippen LogP contribution in [0.25, 0.3) is 0 Å². The lowest BCUT2D eigenvalue weighted by molar-refractivity contribution is -0.131. The highest BCUT2D eigenvalue weighted by Gasteiger charge is 2.29. The van der Waals surface area contributed by atoms with Crippen molar-refractivity contribution in [2.75, 3.05) is 19.7 Å². The van der Waals surface area contributed by atoms with Crippen molar-refractivity contribution in [2.45, 2.75) is 46.1 Å². The number of hydrogen-bond acceptors (Lipinski definition) is 3. The molecule has 2 atom stereocenters. The molecule has 0 aromatic heterocycles. The summed E-state index contributed by atoms with van der Waals surface area (Å²) < 4.78 is 4.88. The Morgan fingerprint density at radius 2 is 2.06 bits per heavy atom. The molecule has 0 radical (unpaired) electrons. The van der Waals surface area contributed by atoms with E-state index < -0.39 is 0 Å². The van der Waals surface area contributed by atoms with Gasteiger partial charge >= 0.3 is 6.09 Å². The number of nitrogens with zero attached hydrogens (tertiary/aromatic N) is 1. The first-order chi connectivity index (χ1) is 8.56. The SMILES string of the molecule is CCCC1CC(NC(=O)OCC)CN(C(C)=O)C1. The van der Waals surface area contributed by atoms with Gasteiger partial charge in [-0.25, -0.2) is 4.79 Å². The van der Waals surface area contributed by atoms with Gasteiger partial charge < -0.3 is 15.0 Å². The standard InChI is InChI=1S/C13H24N2O3/c1-4-6-11-7-12(14-13(17)18-5-2)9-15(8-11)10(3)16/h11-12H,4-9H2,1-3H3,(H,14,17). The third-order valence-electron chi connectivity index (χ3n) is 3.28. The van der Waals surface area contributed by atoms with Crippen LogP contribution in [0.5, 0.6) is 0 Å². The Bertz CT molecular complexity index is 294. The summed E-state index contributed by atoms with van der Waals surface area (Å²) in [6, 6.07) is 0.0123. The van der Waals surface area contributed by atoms with Crippen LogP contribution in [0.15, 0.2) is 0 Å². The summed E-state index contributed by atoms with van der Waals surface area (Å²) in [6.45, 7) is 7.27. The molecule has 0 spiro atoms. The minimum absolute atomic E-state index is 0.0123.